The Balaban J connectivity index is 2.84. The monoisotopic (exact) mass is 234 g/mol. The molecule has 0 spiro atoms. The van der Waals surface area contributed by atoms with Gasteiger partial charge in [0.25, 0.3) is 5.69 Å². The Bertz CT molecular complexity index is 514. The Kier molecular flexibility index (Phi) is 4.17. The summed E-state index contributed by atoms with van der Waals surface area (Å²) in [6.07, 6.45) is 1.12. The Morgan fingerprint density at radius 1 is 1.65 bits per heavy atom. The normalized spacial score (nSPS) is 9.06. The van der Waals surface area contributed by atoms with Crippen LogP contribution in [0.4, 0.5) is 5.69 Å². The van der Waals surface area contributed by atoms with Gasteiger partial charge in [0.05, 0.1) is 12.0 Å². The Morgan fingerprint density at radius 2 is 2.35 bits per heavy atom. The number of hydrogen-bond donors (Lipinski definition) is 0. The van der Waals surface area contributed by atoms with Crippen molar-refractivity contribution in [2.45, 2.75) is 13.3 Å². The molecule has 17 heavy (non-hydrogen) atoms. The predicted octanol–water partition coefficient (Wildman–Crippen LogP) is 1.21. The molecule has 0 aliphatic rings. The number of rotatable bonds is 2. The minimum absolute atomic E-state index is 0.0335. The number of nitro groups is 1. The third-order valence-corrected chi connectivity index (χ3v) is 1.96. The van der Waals surface area contributed by atoms with Crippen LogP contribution in [0.25, 0.3) is 0 Å². The highest BCUT2D eigenvalue weighted by Crippen LogP contribution is 2.15. The third-order valence-electron chi connectivity index (χ3n) is 1.96. The topological polar surface area (TPSA) is 82.3 Å². The second-order valence-corrected chi connectivity index (χ2v) is 3.17. The molecule has 0 aliphatic heterocycles. The van der Waals surface area contributed by atoms with Gasteiger partial charge >= 0.3 is 5.97 Å². The fourth-order valence-corrected chi connectivity index (χ4v) is 1.09. The van der Waals surface area contributed by atoms with Crippen LogP contribution in [0.2, 0.25) is 0 Å². The van der Waals surface area contributed by atoms with Crippen molar-refractivity contribution >= 4 is 11.7 Å². The quantitative estimate of drug-likeness (QED) is 0.332. The van der Waals surface area contributed by atoms with Crippen molar-refractivity contribution in [2.75, 3.05) is 7.11 Å². The fraction of sp³-hybridized carbons (Fsp3) is 0.273. The van der Waals surface area contributed by atoms with Crippen LogP contribution in [-0.2, 0) is 9.53 Å². The van der Waals surface area contributed by atoms with Crippen LogP contribution >= 0.6 is 0 Å². The minimum Gasteiger partial charge on any atom is -0.468 e. The lowest BCUT2D eigenvalue weighted by Crippen LogP contribution is -1.97. The summed E-state index contributed by atoms with van der Waals surface area (Å²) in [4.78, 5) is 24.6. The number of ether oxygens (including phenoxy) is 1. The van der Waals surface area contributed by atoms with E-state index in [0.717, 1.165) is 6.20 Å². The number of hydrogen-bond acceptors (Lipinski definition) is 5. The lowest BCUT2D eigenvalue weighted by atomic mass is 10.2. The highest BCUT2D eigenvalue weighted by molar-refractivity contribution is 5.72. The van der Waals surface area contributed by atoms with E-state index in [1.54, 1.807) is 6.92 Å². The molecule has 1 rings (SSSR count). The largest absolute Gasteiger partial charge is 0.468 e. The number of aromatic nitrogens is 1. The molecule has 1 aromatic rings. The molecule has 1 heterocycles. The lowest BCUT2D eigenvalue weighted by molar-refractivity contribution is -0.385. The van der Waals surface area contributed by atoms with E-state index >= 15 is 0 Å². The highest BCUT2D eigenvalue weighted by atomic mass is 16.6. The Labute approximate surface area is 97.8 Å². The summed E-state index contributed by atoms with van der Waals surface area (Å²) < 4.78 is 4.41. The van der Waals surface area contributed by atoms with Crippen molar-refractivity contribution in [3.05, 3.63) is 33.6 Å². The van der Waals surface area contributed by atoms with Crippen LogP contribution < -0.4 is 0 Å². The molecule has 0 saturated heterocycles. The van der Waals surface area contributed by atoms with Crippen LogP contribution in [0.5, 0.6) is 0 Å². The van der Waals surface area contributed by atoms with Crippen LogP contribution in [0, 0.1) is 28.9 Å². The molecule has 88 valence electrons. The summed E-state index contributed by atoms with van der Waals surface area (Å²) in [7, 11) is 1.28. The van der Waals surface area contributed by atoms with E-state index in [2.05, 4.69) is 21.6 Å². The number of pyridine rings is 1. The van der Waals surface area contributed by atoms with Crippen molar-refractivity contribution in [2.24, 2.45) is 0 Å². The van der Waals surface area contributed by atoms with Gasteiger partial charge in [-0.05, 0) is 18.9 Å². The van der Waals surface area contributed by atoms with Crippen molar-refractivity contribution in [1.29, 1.82) is 0 Å². The van der Waals surface area contributed by atoms with Gasteiger partial charge in [-0.25, -0.2) is 4.98 Å². The summed E-state index contributed by atoms with van der Waals surface area (Å²) in [5.41, 5.74) is 0.813. The average Bonchev–Trinajstić information content (AvgIpc) is 2.28. The molecule has 6 heteroatoms. The van der Waals surface area contributed by atoms with E-state index in [-0.39, 0.29) is 12.1 Å². The smallest absolute Gasteiger partial charge is 0.317 e. The summed E-state index contributed by atoms with van der Waals surface area (Å²) in [6.45, 7) is 1.60. The molecule has 0 amide bonds. The zero-order valence-electron chi connectivity index (χ0n) is 9.39. The van der Waals surface area contributed by atoms with Gasteiger partial charge < -0.3 is 4.74 Å². The molecular weight excluding hydrogens is 224 g/mol. The van der Waals surface area contributed by atoms with E-state index in [1.807, 2.05) is 0 Å². The van der Waals surface area contributed by atoms with Gasteiger partial charge in [0.2, 0.25) is 0 Å². The second kappa shape index (κ2) is 5.61. The Hall–Kier alpha value is -2.42. The summed E-state index contributed by atoms with van der Waals surface area (Å²) in [5.74, 6) is 4.77. The van der Waals surface area contributed by atoms with Crippen molar-refractivity contribution in [1.82, 2.24) is 4.98 Å². The van der Waals surface area contributed by atoms with Crippen LogP contribution in [0.15, 0.2) is 12.3 Å². The number of carbonyl (C=O) groups excluding carboxylic acids is 1. The van der Waals surface area contributed by atoms with E-state index in [9.17, 15) is 14.9 Å². The van der Waals surface area contributed by atoms with Gasteiger partial charge in [-0.3, -0.25) is 14.9 Å². The number of carbonyl (C=O) groups is 1. The molecule has 0 atom stereocenters. The molecule has 0 aliphatic carbocycles. The van der Waals surface area contributed by atoms with Gasteiger partial charge in [0.15, 0.2) is 0 Å². The Morgan fingerprint density at radius 3 is 2.88 bits per heavy atom. The van der Waals surface area contributed by atoms with E-state index in [4.69, 9.17) is 0 Å². The van der Waals surface area contributed by atoms with Crippen molar-refractivity contribution < 1.29 is 14.5 Å². The first-order valence-corrected chi connectivity index (χ1v) is 4.71. The maximum absolute atomic E-state index is 10.8. The average molecular weight is 234 g/mol. The van der Waals surface area contributed by atoms with Gasteiger partial charge in [-0.2, -0.15) is 0 Å². The van der Waals surface area contributed by atoms with Crippen molar-refractivity contribution in [3.63, 3.8) is 0 Å². The van der Waals surface area contributed by atoms with Gasteiger partial charge in [-0.1, -0.05) is 5.92 Å². The summed E-state index contributed by atoms with van der Waals surface area (Å²) in [6, 6.07) is 1.50. The molecule has 0 radical (unpaired) electrons. The zero-order valence-corrected chi connectivity index (χ0v) is 9.39. The maximum Gasteiger partial charge on any atom is 0.317 e. The summed E-state index contributed by atoms with van der Waals surface area (Å²) >= 11 is 0. The molecule has 0 aromatic carbocycles. The van der Waals surface area contributed by atoms with Crippen molar-refractivity contribution in [3.8, 4) is 11.8 Å². The molecule has 1 aromatic heterocycles. The SMILES string of the molecule is COC(=O)CC#Cc1cc(C)c([N+](=O)[O-])cn1. The van der Waals surface area contributed by atoms with E-state index < -0.39 is 10.9 Å². The van der Waals surface area contributed by atoms with Crippen LogP contribution in [0.1, 0.15) is 17.7 Å². The number of esters is 1. The maximum atomic E-state index is 10.8. The van der Waals surface area contributed by atoms with Gasteiger partial charge in [-0.15, -0.1) is 0 Å². The highest BCUT2D eigenvalue weighted by Gasteiger charge is 2.10. The minimum atomic E-state index is -0.506. The molecule has 0 bridgehead atoms. The third kappa shape index (κ3) is 3.57. The summed E-state index contributed by atoms with van der Waals surface area (Å²) in [5, 5.41) is 10.5. The molecule has 0 fully saturated rings. The first kappa shape index (κ1) is 12.6. The lowest BCUT2D eigenvalue weighted by Gasteiger charge is -1.96. The van der Waals surface area contributed by atoms with Crippen LogP contribution in [-0.4, -0.2) is 23.0 Å². The fourth-order valence-electron chi connectivity index (χ4n) is 1.09. The molecule has 0 N–H and O–H groups in total. The second-order valence-electron chi connectivity index (χ2n) is 3.17. The zero-order chi connectivity index (χ0) is 12.8. The van der Waals surface area contributed by atoms with Crippen LogP contribution in [0.3, 0.4) is 0 Å². The van der Waals surface area contributed by atoms with E-state index in [0.29, 0.717) is 11.3 Å². The number of nitrogens with zero attached hydrogens (tertiary/aromatic N) is 2. The number of aryl methyl sites for hydroxylation is 1. The van der Waals surface area contributed by atoms with Gasteiger partial charge in [0, 0.05) is 5.56 Å². The molecule has 6 nitrogen and oxygen atoms in total. The standard InChI is InChI=1S/C11H10N2O4/c1-8-6-9(4-3-5-11(14)17-2)12-7-10(8)13(15)16/h6-7H,5H2,1-2H3. The first-order valence-electron chi connectivity index (χ1n) is 4.71. The first-order chi connectivity index (χ1) is 8.04. The molecular formula is C11H10N2O4. The number of methoxy groups -OCH3 is 1. The van der Waals surface area contributed by atoms with Gasteiger partial charge in [0.1, 0.15) is 18.3 Å². The molecule has 0 unspecified atom stereocenters. The molecule has 0 saturated carbocycles. The van der Waals surface area contributed by atoms with E-state index in [1.165, 1.54) is 13.2 Å². The predicted molar refractivity (Wildman–Crippen MR) is 59.1 cm³/mol.